The van der Waals surface area contributed by atoms with E-state index in [1.165, 1.54) is 0 Å². The summed E-state index contributed by atoms with van der Waals surface area (Å²) < 4.78 is 11.4. The molecule has 1 aromatic carbocycles. The fraction of sp³-hybridized carbons (Fsp3) is 0.364. The zero-order valence-corrected chi connectivity index (χ0v) is 10.6. The lowest BCUT2D eigenvalue weighted by Gasteiger charge is -2.15. The fourth-order valence-corrected chi connectivity index (χ4v) is 2.34. The van der Waals surface area contributed by atoms with Crippen molar-refractivity contribution < 1.29 is 19.4 Å². The number of hydrogen-bond acceptors (Lipinski definition) is 4. The summed E-state index contributed by atoms with van der Waals surface area (Å²) in [5, 5.41) is 8.65. The van der Waals surface area contributed by atoms with Crippen LogP contribution in [0.5, 0.6) is 11.5 Å². The Bertz CT molecular complexity index is 449. The van der Waals surface area contributed by atoms with Crippen LogP contribution in [0.15, 0.2) is 16.6 Å². The molecule has 3 N–H and O–H groups in total. The van der Waals surface area contributed by atoms with Gasteiger partial charge in [0.25, 0.3) is 0 Å². The summed E-state index contributed by atoms with van der Waals surface area (Å²) in [4.78, 5) is 10.5. The number of carboxylic acid groups (broad SMARTS) is 1. The highest BCUT2D eigenvalue weighted by Gasteiger charge is 2.24. The molecule has 1 atom stereocenters. The number of benzene rings is 1. The summed E-state index contributed by atoms with van der Waals surface area (Å²) in [6.45, 7) is 0.171. The van der Waals surface area contributed by atoms with Crippen LogP contribution in [0.25, 0.3) is 0 Å². The van der Waals surface area contributed by atoms with Crippen LogP contribution in [-0.4, -0.2) is 17.9 Å². The van der Waals surface area contributed by atoms with Gasteiger partial charge in [-0.3, -0.25) is 4.79 Å². The second-order valence-corrected chi connectivity index (χ2v) is 4.59. The molecule has 1 aliphatic heterocycles. The van der Waals surface area contributed by atoms with Gasteiger partial charge in [-0.25, -0.2) is 0 Å². The van der Waals surface area contributed by atoms with E-state index in [9.17, 15) is 4.79 Å². The predicted octanol–water partition coefficient (Wildman–Crippen LogP) is 2.04. The number of halogens is 1. The Hall–Kier alpha value is -1.27. The smallest absolute Gasteiger partial charge is 0.303 e. The van der Waals surface area contributed by atoms with E-state index < -0.39 is 12.0 Å². The predicted molar refractivity (Wildman–Crippen MR) is 64.1 cm³/mol. The Morgan fingerprint density at radius 3 is 3.00 bits per heavy atom. The van der Waals surface area contributed by atoms with E-state index >= 15 is 0 Å². The van der Waals surface area contributed by atoms with E-state index in [2.05, 4.69) is 15.9 Å². The quantitative estimate of drug-likeness (QED) is 0.889. The zero-order valence-electron chi connectivity index (χ0n) is 8.98. The van der Waals surface area contributed by atoms with E-state index in [0.29, 0.717) is 17.9 Å². The first kappa shape index (κ1) is 12.2. The van der Waals surface area contributed by atoms with Crippen LogP contribution in [0.4, 0.5) is 0 Å². The van der Waals surface area contributed by atoms with Crippen molar-refractivity contribution in [1.82, 2.24) is 0 Å². The summed E-state index contributed by atoms with van der Waals surface area (Å²) in [7, 11) is 0. The second kappa shape index (κ2) is 4.93. The van der Waals surface area contributed by atoms with Gasteiger partial charge in [0, 0.05) is 22.5 Å². The van der Waals surface area contributed by atoms with Gasteiger partial charge in [-0.05, 0) is 18.6 Å². The molecule has 0 fully saturated rings. The standard InChI is InChI=1S/C11H12BrNO4/c12-6-1-3-8-11(17-5-16-8)10(6)7(13)2-4-9(14)15/h1,3,7H,2,4-5,13H2,(H,14,15). The second-order valence-electron chi connectivity index (χ2n) is 3.73. The van der Waals surface area contributed by atoms with Crippen LogP contribution >= 0.6 is 15.9 Å². The maximum atomic E-state index is 10.5. The van der Waals surface area contributed by atoms with Gasteiger partial charge < -0.3 is 20.3 Å². The molecule has 0 aliphatic carbocycles. The molecular formula is C11H12BrNO4. The van der Waals surface area contributed by atoms with Crippen molar-refractivity contribution >= 4 is 21.9 Å². The van der Waals surface area contributed by atoms with Gasteiger partial charge in [0.15, 0.2) is 11.5 Å². The van der Waals surface area contributed by atoms with Crippen molar-refractivity contribution in [2.75, 3.05) is 6.79 Å². The zero-order chi connectivity index (χ0) is 12.4. The molecule has 1 heterocycles. The fourth-order valence-electron chi connectivity index (χ4n) is 1.74. The Morgan fingerprint density at radius 2 is 2.29 bits per heavy atom. The number of hydrogen-bond donors (Lipinski definition) is 2. The number of carbonyl (C=O) groups is 1. The van der Waals surface area contributed by atoms with Gasteiger partial charge in [0.1, 0.15) is 0 Å². The molecule has 0 saturated carbocycles. The number of carboxylic acids is 1. The van der Waals surface area contributed by atoms with Crippen LogP contribution in [-0.2, 0) is 4.79 Å². The van der Waals surface area contributed by atoms with Crippen LogP contribution in [0.2, 0.25) is 0 Å². The summed E-state index contributed by atoms with van der Waals surface area (Å²) in [6, 6.07) is 3.22. The summed E-state index contributed by atoms with van der Waals surface area (Å²) in [6.07, 6.45) is 0.381. The average Bonchev–Trinajstić information content (AvgIpc) is 2.73. The highest BCUT2D eigenvalue weighted by Crippen LogP contribution is 2.42. The normalized spacial score (nSPS) is 14.7. The van der Waals surface area contributed by atoms with Gasteiger partial charge in [-0.15, -0.1) is 0 Å². The lowest BCUT2D eigenvalue weighted by Crippen LogP contribution is -2.13. The number of fused-ring (bicyclic) bond motifs is 1. The van der Waals surface area contributed by atoms with Crippen LogP contribution in [0.3, 0.4) is 0 Å². The molecule has 0 spiro atoms. The molecule has 1 aromatic rings. The third-order valence-corrected chi connectivity index (χ3v) is 3.26. The molecule has 1 unspecified atom stereocenters. The van der Waals surface area contributed by atoms with Crippen LogP contribution in [0, 0.1) is 0 Å². The molecule has 0 bridgehead atoms. The number of ether oxygens (including phenoxy) is 2. The van der Waals surface area contributed by atoms with Gasteiger partial charge in [0.05, 0.1) is 0 Å². The largest absolute Gasteiger partial charge is 0.481 e. The molecule has 2 rings (SSSR count). The summed E-state index contributed by atoms with van der Waals surface area (Å²) >= 11 is 3.39. The van der Waals surface area contributed by atoms with Crippen molar-refractivity contribution in [1.29, 1.82) is 0 Å². The van der Waals surface area contributed by atoms with Crippen LogP contribution in [0.1, 0.15) is 24.4 Å². The Labute approximate surface area is 107 Å². The van der Waals surface area contributed by atoms with Crippen molar-refractivity contribution in [2.45, 2.75) is 18.9 Å². The first-order valence-electron chi connectivity index (χ1n) is 5.15. The van der Waals surface area contributed by atoms with Gasteiger partial charge in [0.2, 0.25) is 6.79 Å². The molecular weight excluding hydrogens is 290 g/mol. The minimum atomic E-state index is -0.860. The third kappa shape index (κ3) is 2.53. The molecule has 0 radical (unpaired) electrons. The topological polar surface area (TPSA) is 81.8 Å². The van der Waals surface area contributed by atoms with Crippen LogP contribution < -0.4 is 15.2 Å². The average molecular weight is 302 g/mol. The number of rotatable bonds is 4. The van der Waals surface area contributed by atoms with E-state index in [4.69, 9.17) is 20.3 Å². The van der Waals surface area contributed by atoms with Crippen molar-refractivity contribution in [3.63, 3.8) is 0 Å². The Kier molecular flexibility index (Phi) is 3.54. The summed E-state index contributed by atoms with van der Waals surface area (Å²) in [5.74, 6) is 0.396. The maximum Gasteiger partial charge on any atom is 0.303 e. The first-order chi connectivity index (χ1) is 8.09. The van der Waals surface area contributed by atoms with E-state index in [1.54, 1.807) is 6.07 Å². The van der Waals surface area contributed by atoms with E-state index in [1.807, 2.05) is 6.07 Å². The number of nitrogens with two attached hydrogens (primary N) is 1. The minimum absolute atomic E-state index is 0.0259. The molecule has 0 amide bonds. The van der Waals surface area contributed by atoms with Crippen molar-refractivity contribution in [3.05, 3.63) is 22.2 Å². The highest BCUT2D eigenvalue weighted by atomic mass is 79.9. The number of aliphatic carboxylic acids is 1. The Balaban J connectivity index is 2.25. The van der Waals surface area contributed by atoms with E-state index in [-0.39, 0.29) is 13.2 Å². The SMILES string of the molecule is NC(CCC(=O)O)c1c(Br)ccc2c1OCO2. The lowest BCUT2D eigenvalue weighted by atomic mass is 10.0. The van der Waals surface area contributed by atoms with Gasteiger partial charge in [-0.2, -0.15) is 0 Å². The first-order valence-corrected chi connectivity index (χ1v) is 5.94. The molecule has 0 aromatic heterocycles. The molecule has 92 valence electrons. The van der Waals surface area contributed by atoms with E-state index in [0.717, 1.165) is 10.0 Å². The molecule has 0 saturated heterocycles. The molecule has 17 heavy (non-hydrogen) atoms. The monoisotopic (exact) mass is 301 g/mol. The van der Waals surface area contributed by atoms with Gasteiger partial charge in [-0.1, -0.05) is 15.9 Å². The Morgan fingerprint density at radius 1 is 1.53 bits per heavy atom. The van der Waals surface area contributed by atoms with Crippen molar-refractivity contribution in [3.8, 4) is 11.5 Å². The van der Waals surface area contributed by atoms with Gasteiger partial charge >= 0.3 is 5.97 Å². The summed E-state index contributed by atoms with van der Waals surface area (Å²) in [5.41, 5.74) is 6.75. The van der Waals surface area contributed by atoms with Crippen molar-refractivity contribution in [2.24, 2.45) is 5.73 Å². The molecule has 1 aliphatic rings. The molecule has 5 nitrogen and oxygen atoms in total. The minimum Gasteiger partial charge on any atom is -0.481 e. The highest BCUT2D eigenvalue weighted by molar-refractivity contribution is 9.10. The third-order valence-electron chi connectivity index (χ3n) is 2.56. The lowest BCUT2D eigenvalue weighted by molar-refractivity contribution is -0.137. The maximum absolute atomic E-state index is 10.5. The molecule has 6 heteroatoms.